The minimum atomic E-state index is 0.0659. The van der Waals surface area contributed by atoms with Gasteiger partial charge in [-0.3, -0.25) is 9.69 Å². The first-order valence-electron chi connectivity index (χ1n) is 7.81. The maximum Gasteiger partial charge on any atom is 0.228 e. The van der Waals surface area contributed by atoms with Gasteiger partial charge in [0.2, 0.25) is 5.91 Å². The third-order valence-corrected chi connectivity index (χ3v) is 5.37. The predicted molar refractivity (Wildman–Crippen MR) is 84.6 cm³/mol. The molecule has 3 N–H and O–H groups in total. The molecule has 21 heavy (non-hydrogen) atoms. The molecule has 5 heteroatoms. The number of nitrogens with zero attached hydrogens (tertiary/aromatic N) is 2. The van der Waals surface area contributed by atoms with E-state index >= 15 is 0 Å². The van der Waals surface area contributed by atoms with Crippen molar-refractivity contribution < 1.29 is 4.79 Å². The molecule has 3 heterocycles. The highest BCUT2D eigenvalue weighted by atomic mass is 16.1. The van der Waals surface area contributed by atoms with Gasteiger partial charge in [-0.15, -0.1) is 0 Å². The van der Waals surface area contributed by atoms with Crippen molar-refractivity contribution in [2.45, 2.75) is 37.8 Å². The van der Waals surface area contributed by atoms with Crippen LogP contribution in [-0.4, -0.2) is 43.0 Å². The zero-order chi connectivity index (χ0) is 14.6. The summed E-state index contributed by atoms with van der Waals surface area (Å²) in [5.41, 5.74) is 10.1. The second-order valence-corrected chi connectivity index (χ2v) is 6.58. The molecule has 5 nitrogen and oxygen atoms in total. The number of rotatable bonds is 1. The summed E-state index contributed by atoms with van der Waals surface area (Å²) >= 11 is 0. The van der Waals surface area contributed by atoms with Crippen molar-refractivity contribution >= 4 is 23.0 Å². The fourth-order valence-electron chi connectivity index (χ4n) is 4.08. The van der Waals surface area contributed by atoms with Crippen molar-refractivity contribution in [3.8, 4) is 0 Å². The normalized spacial score (nSPS) is 28.4. The van der Waals surface area contributed by atoms with Gasteiger partial charge in [0.05, 0.1) is 17.8 Å². The molecule has 0 saturated carbocycles. The molecule has 2 unspecified atom stereocenters. The van der Waals surface area contributed by atoms with Crippen molar-refractivity contribution in [2.24, 2.45) is 0 Å². The summed E-state index contributed by atoms with van der Waals surface area (Å²) < 4.78 is 0. The molecule has 0 radical (unpaired) electrons. The van der Waals surface area contributed by atoms with E-state index in [4.69, 9.17) is 5.73 Å². The summed E-state index contributed by atoms with van der Waals surface area (Å²) in [5, 5.41) is 2.93. The number of benzene rings is 1. The van der Waals surface area contributed by atoms with Crippen molar-refractivity contribution in [3.05, 3.63) is 17.7 Å². The summed E-state index contributed by atoms with van der Waals surface area (Å²) in [6.45, 7) is 2.08. The van der Waals surface area contributed by atoms with Crippen LogP contribution in [0.4, 0.5) is 17.1 Å². The highest BCUT2D eigenvalue weighted by molar-refractivity contribution is 6.00. The summed E-state index contributed by atoms with van der Waals surface area (Å²) in [5.74, 6) is 0.0659. The van der Waals surface area contributed by atoms with E-state index < -0.39 is 0 Å². The Morgan fingerprint density at radius 1 is 1.24 bits per heavy atom. The van der Waals surface area contributed by atoms with E-state index in [1.807, 2.05) is 6.07 Å². The molecule has 2 fully saturated rings. The van der Waals surface area contributed by atoms with Crippen LogP contribution in [0.2, 0.25) is 0 Å². The van der Waals surface area contributed by atoms with Gasteiger partial charge >= 0.3 is 0 Å². The highest BCUT2D eigenvalue weighted by Crippen LogP contribution is 2.37. The van der Waals surface area contributed by atoms with Crippen LogP contribution >= 0.6 is 0 Å². The molecule has 3 aliphatic rings. The lowest BCUT2D eigenvalue weighted by Crippen LogP contribution is -2.36. The van der Waals surface area contributed by atoms with Gasteiger partial charge < -0.3 is 16.0 Å². The number of likely N-dealkylation sites (N-methyl/N-ethyl adjacent to an activating group) is 1. The Labute approximate surface area is 125 Å². The molecule has 1 aromatic rings. The van der Waals surface area contributed by atoms with Crippen LogP contribution in [0.25, 0.3) is 0 Å². The van der Waals surface area contributed by atoms with Crippen LogP contribution in [0.1, 0.15) is 24.8 Å². The Balaban J connectivity index is 1.65. The molecule has 2 atom stereocenters. The average Bonchev–Trinajstić information content (AvgIpc) is 2.88. The number of anilines is 3. The molecule has 2 bridgehead atoms. The zero-order valence-corrected chi connectivity index (χ0v) is 12.4. The number of hydrogen-bond acceptors (Lipinski definition) is 4. The molecule has 1 amide bonds. The van der Waals surface area contributed by atoms with E-state index in [0.29, 0.717) is 12.5 Å². The highest BCUT2D eigenvalue weighted by Gasteiger charge is 2.35. The number of fused-ring (bicyclic) bond motifs is 3. The number of carbonyl (C=O) groups excluding carboxylic acids is 1. The van der Waals surface area contributed by atoms with Gasteiger partial charge in [0.1, 0.15) is 0 Å². The number of amides is 1. The van der Waals surface area contributed by atoms with Gasteiger partial charge in [0.25, 0.3) is 0 Å². The fraction of sp³-hybridized carbons (Fsp3) is 0.562. The molecule has 112 valence electrons. The maximum atomic E-state index is 11.5. The van der Waals surface area contributed by atoms with Crippen LogP contribution in [0, 0.1) is 0 Å². The Morgan fingerprint density at radius 2 is 2.05 bits per heavy atom. The minimum Gasteiger partial charge on any atom is -0.397 e. The molecule has 0 aliphatic carbocycles. The average molecular weight is 286 g/mol. The first-order chi connectivity index (χ1) is 10.1. The summed E-state index contributed by atoms with van der Waals surface area (Å²) in [6, 6.07) is 5.37. The molecular weight excluding hydrogens is 264 g/mol. The van der Waals surface area contributed by atoms with E-state index in [1.165, 1.54) is 19.3 Å². The number of nitrogens with one attached hydrogen (secondary N) is 1. The maximum absolute atomic E-state index is 11.5. The van der Waals surface area contributed by atoms with E-state index in [9.17, 15) is 4.79 Å². The fourth-order valence-corrected chi connectivity index (χ4v) is 4.08. The quantitative estimate of drug-likeness (QED) is 0.767. The summed E-state index contributed by atoms with van der Waals surface area (Å²) in [6.07, 6.45) is 4.24. The minimum absolute atomic E-state index is 0.0659. The Kier molecular flexibility index (Phi) is 2.85. The Hall–Kier alpha value is -1.75. The van der Waals surface area contributed by atoms with Gasteiger partial charge in [-0.2, -0.15) is 0 Å². The number of nitrogens with two attached hydrogens (primary N) is 1. The van der Waals surface area contributed by atoms with E-state index in [2.05, 4.69) is 28.2 Å². The molecule has 0 aromatic heterocycles. The van der Waals surface area contributed by atoms with Crippen LogP contribution in [0.5, 0.6) is 0 Å². The third kappa shape index (κ3) is 2.07. The summed E-state index contributed by atoms with van der Waals surface area (Å²) in [7, 11) is 2.25. The van der Waals surface area contributed by atoms with Crippen LogP contribution in [0.15, 0.2) is 12.1 Å². The first kappa shape index (κ1) is 13.0. The van der Waals surface area contributed by atoms with Crippen molar-refractivity contribution in [2.75, 3.05) is 36.1 Å². The van der Waals surface area contributed by atoms with Crippen LogP contribution in [0.3, 0.4) is 0 Å². The Bertz CT molecular complexity index is 600. The van der Waals surface area contributed by atoms with Crippen LogP contribution < -0.4 is 16.0 Å². The first-order valence-corrected chi connectivity index (χ1v) is 7.81. The number of hydrogen-bond donors (Lipinski definition) is 2. The molecule has 2 saturated heterocycles. The van der Waals surface area contributed by atoms with Crippen LogP contribution in [-0.2, 0) is 11.2 Å². The number of carbonyl (C=O) groups is 1. The van der Waals surface area contributed by atoms with Crippen molar-refractivity contribution in [1.29, 1.82) is 0 Å². The monoisotopic (exact) mass is 286 g/mol. The van der Waals surface area contributed by atoms with E-state index in [-0.39, 0.29) is 5.91 Å². The van der Waals surface area contributed by atoms with Gasteiger partial charge in [-0.25, -0.2) is 0 Å². The summed E-state index contributed by atoms with van der Waals surface area (Å²) in [4.78, 5) is 16.5. The molecule has 0 spiro atoms. The smallest absolute Gasteiger partial charge is 0.228 e. The van der Waals surface area contributed by atoms with E-state index in [1.54, 1.807) is 0 Å². The lowest BCUT2D eigenvalue weighted by atomic mass is 10.1. The molecule has 3 aliphatic heterocycles. The molecular formula is C16H22N4O. The van der Waals surface area contributed by atoms with Gasteiger partial charge in [0.15, 0.2) is 0 Å². The van der Waals surface area contributed by atoms with Gasteiger partial charge in [-0.1, -0.05) is 0 Å². The second kappa shape index (κ2) is 4.63. The van der Waals surface area contributed by atoms with E-state index in [0.717, 1.165) is 41.8 Å². The molecule has 4 rings (SSSR count). The number of nitrogen functional groups attached to an aromatic ring is 1. The van der Waals surface area contributed by atoms with Gasteiger partial charge in [0, 0.05) is 30.9 Å². The van der Waals surface area contributed by atoms with Crippen molar-refractivity contribution in [1.82, 2.24) is 4.90 Å². The van der Waals surface area contributed by atoms with Gasteiger partial charge in [-0.05, 0) is 44.0 Å². The molecule has 1 aromatic carbocycles. The van der Waals surface area contributed by atoms with Crippen molar-refractivity contribution in [3.63, 3.8) is 0 Å². The largest absolute Gasteiger partial charge is 0.397 e. The Morgan fingerprint density at radius 3 is 2.90 bits per heavy atom. The zero-order valence-electron chi connectivity index (χ0n) is 12.4. The SMILES string of the molecule is CN1C2CCC1CN(c1cc3c(cc1N)CC(=O)N3)CC2. The topological polar surface area (TPSA) is 61.6 Å². The third-order valence-electron chi connectivity index (χ3n) is 5.37. The standard InChI is InChI=1S/C16H22N4O/c1-19-11-2-3-12(19)9-20(5-4-11)15-8-14-10(6-13(15)17)7-16(21)18-14/h6,8,11-12H,2-5,7,9,17H2,1H3,(H,18,21). The lowest BCUT2D eigenvalue weighted by molar-refractivity contribution is -0.115. The predicted octanol–water partition coefficient (Wildman–Crippen LogP) is 1.44. The second-order valence-electron chi connectivity index (χ2n) is 6.58. The lowest BCUT2D eigenvalue weighted by Gasteiger charge is -2.29.